The quantitative estimate of drug-likeness (QED) is 0.791. The summed E-state index contributed by atoms with van der Waals surface area (Å²) in [5.41, 5.74) is 0.179. The Morgan fingerprint density at radius 1 is 1.11 bits per heavy atom. The highest BCUT2D eigenvalue weighted by molar-refractivity contribution is 6.03. The molecule has 1 saturated heterocycles. The summed E-state index contributed by atoms with van der Waals surface area (Å²) in [5, 5.41) is 11.7. The number of nitrogens with one attached hydrogen (secondary N) is 1. The maximum absolute atomic E-state index is 12.5. The summed E-state index contributed by atoms with van der Waals surface area (Å²) in [6.45, 7) is 3.70. The number of rotatable bonds is 5. The fourth-order valence-corrected chi connectivity index (χ4v) is 2.84. The first kappa shape index (κ1) is 18.4. The van der Waals surface area contributed by atoms with Gasteiger partial charge in [0.15, 0.2) is 6.23 Å². The minimum Gasteiger partial charge on any atom is -0.478 e. The Morgan fingerprint density at radius 3 is 2.33 bits per heavy atom. The van der Waals surface area contributed by atoms with Gasteiger partial charge in [-0.05, 0) is 43.7 Å². The Kier molecular flexibility index (Phi) is 4.85. The van der Waals surface area contributed by atoms with E-state index >= 15 is 0 Å². The maximum atomic E-state index is 12.5. The van der Waals surface area contributed by atoms with Crippen molar-refractivity contribution < 1.29 is 24.2 Å². The monoisotopic (exact) mass is 368 g/mol. The Labute approximate surface area is 156 Å². The molecule has 1 atom stereocenters. The maximum Gasteiger partial charge on any atom is 0.335 e. The number of hydrogen-bond acceptors (Lipinski definition) is 4. The first-order valence-corrected chi connectivity index (χ1v) is 8.46. The molecule has 2 N–H and O–H groups in total. The van der Waals surface area contributed by atoms with Crippen molar-refractivity contribution in [3.8, 4) is 5.75 Å². The van der Waals surface area contributed by atoms with E-state index in [2.05, 4.69) is 5.32 Å². The Bertz CT molecular complexity index is 862. The molecule has 1 aliphatic heterocycles. The zero-order valence-corrected chi connectivity index (χ0v) is 15.0. The van der Waals surface area contributed by atoms with Gasteiger partial charge in [0.1, 0.15) is 11.2 Å². The fourth-order valence-electron chi connectivity index (χ4n) is 2.84. The van der Waals surface area contributed by atoms with Crippen LogP contribution < -0.4 is 10.1 Å². The number of carbonyl (C=O) groups excluding carboxylic acids is 2. The number of carbonyl (C=O) groups is 3. The standard InChI is InChI=1S/C20H20N2O5/c1-20(2)17(25)22(19(26)21-12-13-6-4-3-5-7-13)18(20)27-15-10-8-14(9-11-15)16(23)24/h3-11,18H,12H2,1-2H3,(H,21,26)(H,23,24). The molecule has 1 fully saturated rings. The average molecular weight is 368 g/mol. The van der Waals surface area contributed by atoms with E-state index < -0.39 is 23.6 Å². The summed E-state index contributed by atoms with van der Waals surface area (Å²) in [7, 11) is 0. The van der Waals surface area contributed by atoms with Gasteiger partial charge in [0.2, 0.25) is 5.91 Å². The third kappa shape index (κ3) is 3.62. The number of urea groups is 1. The topological polar surface area (TPSA) is 95.9 Å². The van der Waals surface area contributed by atoms with Gasteiger partial charge in [-0.2, -0.15) is 0 Å². The van der Waals surface area contributed by atoms with Crippen LogP contribution in [-0.2, 0) is 11.3 Å². The van der Waals surface area contributed by atoms with Crippen molar-refractivity contribution in [3.05, 3.63) is 65.7 Å². The normalized spacial score (nSPS) is 17.8. The van der Waals surface area contributed by atoms with Gasteiger partial charge in [-0.1, -0.05) is 30.3 Å². The lowest BCUT2D eigenvalue weighted by Crippen LogP contribution is -2.71. The second-order valence-electron chi connectivity index (χ2n) is 6.84. The molecule has 2 aromatic rings. The molecule has 3 amide bonds. The summed E-state index contributed by atoms with van der Waals surface area (Å²) < 4.78 is 5.81. The van der Waals surface area contributed by atoms with Crippen LogP contribution >= 0.6 is 0 Å². The number of amides is 3. The molecule has 1 aliphatic rings. The van der Waals surface area contributed by atoms with E-state index in [9.17, 15) is 14.4 Å². The highest BCUT2D eigenvalue weighted by Gasteiger charge is 2.59. The number of hydrogen-bond donors (Lipinski definition) is 2. The van der Waals surface area contributed by atoms with Crippen LogP contribution in [0.4, 0.5) is 4.79 Å². The summed E-state index contributed by atoms with van der Waals surface area (Å²) in [5.74, 6) is -0.991. The number of benzene rings is 2. The predicted molar refractivity (Wildman–Crippen MR) is 97.1 cm³/mol. The zero-order chi connectivity index (χ0) is 19.6. The molecular weight excluding hydrogens is 348 g/mol. The molecule has 7 nitrogen and oxygen atoms in total. The third-order valence-electron chi connectivity index (χ3n) is 4.48. The van der Waals surface area contributed by atoms with E-state index in [1.807, 2.05) is 30.3 Å². The molecule has 0 saturated carbocycles. The summed E-state index contributed by atoms with van der Waals surface area (Å²) >= 11 is 0. The molecule has 7 heteroatoms. The molecule has 27 heavy (non-hydrogen) atoms. The van der Waals surface area contributed by atoms with Crippen LogP contribution in [0.2, 0.25) is 0 Å². The van der Waals surface area contributed by atoms with Gasteiger partial charge < -0.3 is 15.2 Å². The lowest BCUT2D eigenvalue weighted by Gasteiger charge is -2.50. The van der Waals surface area contributed by atoms with Crippen LogP contribution in [0.25, 0.3) is 0 Å². The number of β-lactam (4-membered cyclic amide) rings is 1. The highest BCUT2D eigenvalue weighted by Crippen LogP contribution is 2.39. The number of ether oxygens (including phenoxy) is 1. The van der Waals surface area contributed by atoms with Crippen LogP contribution in [0.1, 0.15) is 29.8 Å². The van der Waals surface area contributed by atoms with Crippen molar-refractivity contribution in [2.45, 2.75) is 26.6 Å². The lowest BCUT2D eigenvalue weighted by molar-refractivity contribution is -0.182. The molecule has 0 aliphatic carbocycles. The number of nitrogens with zero attached hydrogens (tertiary/aromatic N) is 1. The molecule has 3 rings (SSSR count). The molecule has 1 heterocycles. The minimum absolute atomic E-state index is 0.128. The van der Waals surface area contributed by atoms with Crippen molar-refractivity contribution in [3.63, 3.8) is 0 Å². The molecular formula is C20H20N2O5. The molecule has 0 spiro atoms. The second-order valence-corrected chi connectivity index (χ2v) is 6.84. The summed E-state index contributed by atoms with van der Waals surface area (Å²) in [6.07, 6.45) is -0.781. The SMILES string of the molecule is CC1(C)C(=O)N(C(=O)NCc2ccccc2)C1Oc1ccc(C(=O)O)cc1. The van der Waals surface area contributed by atoms with Crippen molar-refractivity contribution >= 4 is 17.9 Å². The Balaban J connectivity index is 1.69. The average Bonchev–Trinajstić information content (AvgIpc) is 2.67. The van der Waals surface area contributed by atoms with Crippen LogP contribution in [0.15, 0.2) is 54.6 Å². The molecule has 140 valence electrons. The third-order valence-corrected chi connectivity index (χ3v) is 4.48. The van der Waals surface area contributed by atoms with Crippen LogP contribution in [0, 0.1) is 5.41 Å². The predicted octanol–water partition coefficient (Wildman–Crippen LogP) is 2.87. The van der Waals surface area contributed by atoms with Crippen LogP contribution in [0.5, 0.6) is 5.75 Å². The fraction of sp³-hybridized carbons (Fsp3) is 0.250. The number of likely N-dealkylation sites (tertiary alicyclic amines) is 1. The summed E-state index contributed by atoms with van der Waals surface area (Å²) in [6, 6.07) is 14.7. The van der Waals surface area contributed by atoms with Crippen molar-refractivity contribution in [1.29, 1.82) is 0 Å². The zero-order valence-electron chi connectivity index (χ0n) is 15.0. The van der Waals surface area contributed by atoms with E-state index in [0.29, 0.717) is 12.3 Å². The van der Waals surface area contributed by atoms with Crippen molar-refractivity contribution in [2.75, 3.05) is 0 Å². The Hall–Kier alpha value is -3.35. The van der Waals surface area contributed by atoms with Crippen LogP contribution in [0.3, 0.4) is 0 Å². The van der Waals surface area contributed by atoms with Gasteiger partial charge in [0.25, 0.3) is 0 Å². The smallest absolute Gasteiger partial charge is 0.335 e. The van der Waals surface area contributed by atoms with Crippen molar-refractivity contribution in [2.24, 2.45) is 5.41 Å². The molecule has 1 unspecified atom stereocenters. The lowest BCUT2D eigenvalue weighted by atomic mass is 9.80. The largest absolute Gasteiger partial charge is 0.478 e. The van der Waals surface area contributed by atoms with E-state index in [1.54, 1.807) is 13.8 Å². The second kappa shape index (κ2) is 7.11. The van der Waals surface area contributed by atoms with Gasteiger partial charge >= 0.3 is 12.0 Å². The number of carboxylic acid groups (broad SMARTS) is 1. The number of carboxylic acids is 1. The van der Waals surface area contributed by atoms with E-state index in [0.717, 1.165) is 10.5 Å². The highest BCUT2D eigenvalue weighted by atomic mass is 16.5. The minimum atomic E-state index is -1.04. The van der Waals surface area contributed by atoms with E-state index in [-0.39, 0.29) is 11.5 Å². The first-order valence-electron chi connectivity index (χ1n) is 8.46. The molecule has 0 aromatic heterocycles. The molecule has 0 bridgehead atoms. The summed E-state index contributed by atoms with van der Waals surface area (Å²) in [4.78, 5) is 36.8. The van der Waals surface area contributed by atoms with Crippen molar-refractivity contribution in [1.82, 2.24) is 10.2 Å². The van der Waals surface area contributed by atoms with Gasteiger partial charge in [-0.25, -0.2) is 14.5 Å². The Morgan fingerprint density at radius 2 is 1.74 bits per heavy atom. The number of aromatic carboxylic acids is 1. The van der Waals surface area contributed by atoms with Gasteiger partial charge in [0.05, 0.1) is 5.56 Å². The number of imide groups is 1. The van der Waals surface area contributed by atoms with Gasteiger partial charge in [-0.15, -0.1) is 0 Å². The molecule has 2 aromatic carbocycles. The van der Waals surface area contributed by atoms with Gasteiger partial charge in [-0.3, -0.25) is 4.79 Å². The van der Waals surface area contributed by atoms with E-state index in [1.165, 1.54) is 24.3 Å². The van der Waals surface area contributed by atoms with Crippen LogP contribution in [-0.4, -0.2) is 34.1 Å². The van der Waals surface area contributed by atoms with E-state index in [4.69, 9.17) is 9.84 Å². The first-order chi connectivity index (χ1) is 12.8. The molecule has 0 radical (unpaired) electrons. The van der Waals surface area contributed by atoms with Gasteiger partial charge in [0, 0.05) is 6.54 Å².